The quantitative estimate of drug-likeness (QED) is 0.864. The van der Waals surface area contributed by atoms with Crippen molar-refractivity contribution in [2.24, 2.45) is 0 Å². The Bertz CT molecular complexity index is 413. The number of carbonyl (C=O) groups is 1. The Hall–Kier alpha value is -1.51. The summed E-state index contributed by atoms with van der Waals surface area (Å²) >= 11 is 0. The monoisotopic (exact) mass is 233 g/mol. The van der Waals surface area contributed by atoms with Crippen LogP contribution in [0.4, 0.5) is 0 Å². The standard InChI is InChI=1S/C14H19NO2/c1-10(2)15-14(16)9-17-13-7-6-11-4-3-5-12(11)8-13/h6-8,10H,3-5,9H2,1-2H3,(H,15,16). The second-order valence-electron chi connectivity index (χ2n) is 4.79. The summed E-state index contributed by atoms with van der Waals surface area (Å²) in [5, 5.41) is 2.80. The van der Waals surface area contributed by atoms with Gasteiger partial charge < -0.3 is 10.1 Å². The molecule has 3 nitrogen and oxygen atoms in total. The average Bonchev–Trinajstić information content (AvgIpc) is 2.72. The van der Waals surface area contributed by atoms with Crippen LogP contribution in [0.2, 0.25) is 0 Å². The van der Waals surface area contributed by atoms with Crippen LogP contribution in [0.3, 0.4) is 0 Å². The Morgan fingerprint density at radius 3 is 2.88 bits per heavy atom. The molecule has 0 saturated carbocycles. The van der Waals surface area contributed by atoms with E-state index in [4.69, 9.17) is 4.74 Å². The minimum atomic E-state index is -0.0690. The van der Waals surface area contributed by atoms with Gasteiger partial charge >= 0.3 is 0 Å². The smallest absolute Gasteiger partial charge is 0.258 e. The highest BCUT2D eigenvalue weighted by Crippen LogP contribution is 2.25. The van der Waals surface area contributed by atoms with Crippen molar-refractivity contribution < 1.29 is 9.53 Å². The first kappa shape index (κ1) is 12.0. The third kappa shape index (κ3) is 3.22. The van der Waals surface area contributed by atoms with Crippen molar-refractivity contribution in [2.45, 2.75) is 39.2 Å². The molecule has 0 fully saturated rings. The molecule has 0 aromatic heterocycles. The van der Waals surface area contributed by atoms with Crippen LogP contribution in [0.5, 0.6) is 5.75 Å². The Morgan fingerprint density at radius 2 is 2.12 bits per heavy atom. The molecule has 0 heterocycles. The number of hydrogen-bond donors (Lipinski definition) is 1. The van der Waals surface area contributed by atoms with E-state index in [2.05, 4.69) is 17.4 Å². The van der Waals surface area contributed by atoms with Crippen molar-refractivity contribution >= 4 is 5.91 Å². The zero-order chi connectivity index (χ0) is 12.3. The lowest BCUT2D eigenvalue weighted by atomic mass is 10.1. The van der Waals surface area contributed by atoms with Crippen LogP contribution >= 0.6 is 0 Å². The van der Waals surface area contributed by atoms with E-state index in [0.717, 1.165) is 12.2 Å². The van der Waals surface area contributed by atoms with Gasteiger partial charge in [-0.15, -0.1) is 0 Å². The first-order valence-electron chi connectivity index (χ1n) is 6.19. The Kier molecular flexibility index (Phi) is 3.67. The van der Waals surface area contributed by atoms with E-state index in [-0.39, 0.29) is 18.6 Å². The molecule has 17 heavy (non-hydrogen) atoms. The van der Waals surface area contributed by atoms with Gasteiger partial charge in [0.15, 0.2) is 6.61 Å². The Morgan fingerprint density at radius 1 is 1.35 bits per heavy atom. The molecular weight excluding hydrogens is 214 g/mol. The summed E-state index contributed by atoms with van der Waals surface area (Å²) in [6, 6.07) is 6.28. The minimum absolute atomic E-state index is 0.0690. The first-order chi connectivity index (χ1) is 8.15. The molecule has 1 aliphatic carbocycles. The van der Waals surface area contributed by atoms with Crippen molar-refractivity contribution in [2.75, 3.05) is 6.61 Å². The lowest BCUT2D eigenvalue weighted by Gasteiger charge is -2.10. The molecule has 1 aromatic carbocycles. The van der Waals surface area contributed by atoms with Crippen LogP contribution in [0.1, 0.15) is 31.4 Å². The Balaban J connectivity index is 1.89. The van der Waals surface area contributed by atoms with Gasteiger partial charge in [0.05, 0.1) is 0 Å². The van der Waals surface area contributed by atoms with Gasteiger partial charge in [-0.3, -0.25) is 4.79 Å². The summed E-state index contributed by atoms with van der Waals surface area (Å²) in [4.78, 5) is 11.4. The van der Waals surface area contributed by atoms with Gasteiger partial charge in [0.25, 0.3) is 5.91 Å². The molecule has 1 amide bonds. The second kappa shape index (κ2) is 5.21. The van der Waals surface area contributed by atoms with Gasteiger partial charge in [-0.25, -0.2) is 0 Å². The number of fused-ring (bicyclic) bond motifs is 1. The molecule has 1 aromatic rings. The molecule has 1 aliphatic rings. The molecule has 0 bridgehead atoms. The Labute approximate surface area is 102 Å². The lowest BCUT2D eigenvalue weighted by Crippen LogP contribution is -2.34. The van der Waals surface area contributed by atoms with E-state index in [9.17, 15) is 4.79 Å². The van der Waals surface area contributed by atoms with Crippen LogP contribution in [-0.2, 0) is 17.6 Å². The molecule has 2 rings (SSSR count). The van der Waals surface area contributed by atoms with E-state index in [1.807, 2.05) is 19.9 Å². The zero-order valence-electron chi connectivity index (χ0n) is 10.5. The fraction of sp³-hybridized carbons (Fsp3) is 0.500. The van der Waals surface area contributed by atoms with Crippen LogP contribution < -0.4 is 10.1 Å². The molecular formula is C14H19NO2. The average molecular weight is 233 g/mol. The van der Waals surface area contributed by atoms with Crippen molar-refractivity contribution in [1.29, 1.82) is 0 Å². The highest BCUT2D eigenvalue weighted by Gasteiger charge is 2.11. The molecule has 3 heteroatoms. The summed E-state index contributed by atoms with van der Waals surface area (Å²) in [5.74, 6) is 0.727. The highest BCUT2D eigenvalue weighted by molar-refractivity contribution is 5.77. The third-order valence-electron chi connectivity index (χ3n) is 2.89. The number of benzene rings is 1. The highest BCUT2D eigenvalue weighted by atomic mass is 16.5. The van der Waals surface area contributed by atoms with Gasteiger partial charge in [0.2, 0.25) is 0 Å². The normalized spacial score (nSPS) is 13.6. The maximum absolute atomic E-state index is 11.4. The number of amides is 1. The van der Waals surface area contributed by atoms with Crippen molar-refractivity contribution in [3.63, 3.8) is 0 Å². The fourth-order valence-electron chi connectivity index (χ4n) is 2.15. The molecule has 0 atom stereocenters. The number of rotatable bonds is 4. The summed E-state index contributed by atoms with van der Waals surface area (Å²) in [5.41, 5.74) is 2.79. The minimum Gasteiger partial charge on any atom is -0.484 e. The van der Waals surface area contributed by atoms with E-state index < -0.39 is 0 Å². The van der Waals surface area contributed by atoms with Crippen molar-refractivity contribution in [3.05, 3.63) is 29.3 Å². The molecule has 0 unspecified atom stereocenters. The van der Waals surface area contributed by atoms with Crippen LogP contribution in [-0.4, -0.2) is 18.6 Å². The number of nitrogens with one attached hydrogen (secondary N) is 1. The third-order valence-corrected chi connectivity index (χ3v) is 2.89. The van der Waals surface area contributed by atoms with E-state index >= 15 is 0 Å². The SMILES string of the molecule is CC(C)NC(=O)COc1ccc2c(c1)CCC2. The van der Waals surface area contributed by atoms with Gasteiger partial charge in [0, 0.05) is 6.04 Å². The van der Waals surface area contributed by atoms with Gasteiger partial charge in [-0.05, 0) is 56.4 Å². The summed E-state index contributed by atoms with van der Waals surface area (Å²) in [6.07, 6.45) is 3.53. The number of hydrogen-bond acceptors (Lipinski definition) is 2. The summed E-state index contributed by atoms with van der Waals surface area (Å²) in [7, 11) is 0. The number of ether oxygens (including phenoxy) is 1. The second-order valence-corrected chi connectivity index (χ2v) is 4.79. The fourth-order valence-corrected chi connectivity index (χ4v) is 2.15. The maximum Gasteiger partial charge on any atom is 0.258 e. The number of aryl methyl sites for hydroxylation is 2. The maximum atomic E-state index is 11.4. The zero-order valence-corrected chi connectivity index (χ0v) is 10.5. The van der Waals surface area contributed by atoms with Crippen molar-refractivity contribution in [3.8, 4) is 5.75 Å². The molecule has 92 valence electrons. The molecule has 0 spiro atoms. The predicted molar refractivity (Wildman–Crippen MR) is 67.2 cm³/mol. The van der Waals surface area contributed by atoms with E-state index in [0.29, 0.717) is 0 Å². The van der Waals surface area contributed by atoms with Gasteiger partial charge in [-0.2, -0.15) is 0 Å². The summed E-state index contributed by atoms with van der Waals surface area (Å²) in [6.45, 7) is 3.97. The first-order valence-corrected chi connectivity index (χ1v) is 6.19. The van der Waals surface area contributed by atoms with Gasteiger partial charge in [-0.1, -0.05) is 6.07 Å². The molecule has 0 radical (unpaired) electrons. The molecule has 1 N–H and O–H groups in total. The summed E-state index contributed by atoms with van der Waals surface area (Å²) < 4.78 is 5.48. The topological polar surface area (TPSA) is 38.3 Å². The van der Waals surface area contributed by atoms with Crippen molar-refractivity contribution in [1.82, 2.24) is 5.32 Å². The van der Waals surface area contributed by atoms with Crippen LogP contribution in [0, 0.1) is 0 Å². The molecule has 0 saturated heterocycles. The van der Waals surface area contributed by atoms with Gasteiger partial charge in [0.1, 0.15) is 5.75 Å². The largest absolute Gasteiger partial charge is 0.484 e. The van der Waals surface area contributed by atoms with Crippen LogP contribution in [0.25, 0.3) is 0 Å². The number of carbonyl (C=O) groups excluding carboxylic acids is 1. The lowest BCUT2D eigenvalue weighted by molar-refractivity contribution is -0.123. The van der Waals surface area contributed by atoms with E-state index in [1.54, 1.807) is 0 Å². The van der Waals surface area contributed by atoms with E-state index in [1.165, 1.54) is 24.0 Å². The molecule has 0 aliphatic heterocycles. The predicted octanol–water partition coefficient (Wildman–Crippen LogP) is 2.08. The van der Waals surface area contributed by atoms with Crippen LogP contribution in [0.15, 0.2) is 18.2 Å².